The Bertz CT molecular complexity index is 1490. The van der Waals surface area contributed by atoms with Crippen LogP contribution in [0.3, 0.4) is 0 Å². The van der Waals surface area contributed by atoms with Crippen molar-refractivity contribution in [1.29, 1.82) is 0 Å². The number of hydrogen-bond acceptors (Lipinski definition) is 6. The molecule has 3 aromatic rings. The van der Waals surface area contributed by atoms with Gasteiger partial charge in [-0.05, 0) is 45.6 Å². The summed E-state index contributed by atoms with van der Waals surface area (Å²) < 4.78 is 7.58. The summed E-state index contributed by atoms with van der Waals surface area (Å²) >= 11 is 0. The minimum atomic E-state index is -1.28. The Hall–Kier alpha value is -4.18. The van der Waals surface area contributed by atoms with E-state index in [1.54, 1.807) is 18.3 Å². The van der Waals surface area contributed by atoms with Gasteiger partial charge in [-0.2, -0.15) is 0 Å². The summed E-state index contributed by atoms with van der Waals surface area (Å²) in [6, 6.07) is 18.8. The van der Waals surface area contributed by atoms with Gasteiger partial charge in [0.2, 0.25) is 5.91 Å². The van der Waals surface area contributed by atoms with Crippen molar-refractivity contribution in [2.75, 3.05) is 26.7 Å². The quantitative estimate of drug-likeness (QED) is 0.393. The number of nitrogens with zero attached hydrogens (tertiary/aromatic N) is 4. The molecule has 1 aromatic heterocycles. The maximum absolute atomic E-state index is 14.6. The van der Waals surface area contributed by atoms with E-state index in [9.17, 15) is 19.5 Å². The largest absolute Gasteiger partial charge is 0.444 e. The maximum atomic E-state index is 14.6. The molecule has 10 heteroatoms. The molecule has 45 heavy (non-hydrogen) atoms. The van der Waals surface area contributed by atoms with Crippen molar-refractivity contribution in [3.05, 3.63) is 78.2 Å². The number of nitrogens with one attached hydrogen (secondary N) is 1. The van der Waals surface area contributed by atoms with Crippen molar-refractivity contribution in [1.82, 2.24) is 24.7 Å². The van der Waals surface area contributed by atoms with Crippen LogP contribution in [0.15, 0.2) is 67.0 Å². The van der Waals surface area contributed by atoms with E-state index in [0.717, 1.165) is 24.0 Å². The van der Waals surface area contributed by atoms with Gasteiger partial charge >= 0.3 is 6.09 Å². The van der Waals surface area contributed by atoms with Gasteiger partial charge in [0.1, 0.15) is 5.60 Å². The third-order valence-electron chi connectivity index (χ3n) is 8.79. The minimum absolute atomic E-state index is 0.0321. The lowest BCUT2D eigenvalue weighted by Gasteiger charge is -2.42. The highest BCUT2D eigenvalue weighted by molar-refractivity contribution is 5.98. The van der Waals surface area contributed by atoms with Crippen LogP contribution in [0.5, 0.6) is 0 Å². The molecule has 10 nitrogen and oxygen atoms in total. The molecule has 1 saturated heterocycles. The van der Waals surface area contributed by atoms with Crippen LogP contribution in [-0.4, -0.2) is 86.3 Å². The van der Waals surface area contributed by atoms with Crippen LogP contribution >= 0.6 is 0 Å². The molecule has 2 heterocycles. The van der Waals surface area contributed by atoms with Gasteiger partial charge in [-0.15, -0.1) is 0 Å². The van der Waals surface area contributed by atoms with Crippen molar-refractivity contribution in [2.24, 2.45) is 0 Å². The highest BCUT2D eigenvalue weighted by Crippen LogP contribution is 2.42. The Morgan fingerprint density at radius 2 is 1.71 bits per heavy atom. The molecular formula is C35H45N5O5. The molecule has 0 radical (unpaired) electrons. The van der Waals surface area contributed by atoms with Crippen LogP contribution in [0.1, 0.15) is 75.0 Å². The summed E-state index contributed by atoms with van der Waals surface area (Å²) in [5.41, 5.74) is 0.862. The molecule has 0 bridgehead atoms. The molecule has 5 rings (SSSR count). The van der Waals surface area contributed by atoms with Gasteiger partial charge in [-0.1, -0.05) is 73.5 Å². The van der Waals surface area contributed by atoms with E-state index >= 15 is 0 Å². The first-order valence-electron chi connectivity index (χ1n) is 15.9. The van der Waals surface area contributed by atoms with Gasteiger partial charge in [0, 0.05) is 32.2 Å². The third-order valence-corrected chi connectivity index (χ3v) is 8.79. The van der Waals surface area contributed by atoms with Crippen LogP contribution < -0.4 is 5.32 Å². The predicted molar refractivity (Wildman–Crippen MR) is 172 cm³/mol. The Labute approximate surface area is 265 Å². The molecule has 2 aromatic carbocycles. The summed E-state index contributed by atoms with van der Waals surface area (Å²) in [6.45, 7) is 6.51. The number of benzene rings is 2. The number of hydrogen-bond donors (Lipinski definition) is 2. The fraction of sp³-hybridized carbons (Fsp3) is 0.486. The van der Waals surface area contributed by atoms with Crippen LogP contribution in [-0.2, 0) is 16.0 Å². The van der Waals surface area contributed by atoms with E-state index in [1.807, 2.05) is 90.9 Å². The van der Waals surface area contributed by atoms with Crippen LogP contribution in [0.25, 0.3) is 11.3 Å². The van der Waals surface area contributed by atoms with Gasteiger partial charge < -0.3 is 29.5 Å². The van der Waals surface area contributed by atoms with Crippen molar-refractivity contribution in [3.63, 3.8) is 0 Å². The van der Waals surface area contributed by atoms with Crippen LogP contribution in [0, 0.1) is 0 Å². The average Bonchev–Trinajstić information content (AvgIpc) is 3.45. The lowest BCUT2D eigenvalue weighted by Crippen LogP contribution is -2.58. The lowest BCUT2D eigenvalue weighted by molar-refractivity contribution is -0.129. The van der Waals surface area contributed by atoms with Gasteiger partial charge in [-0.25, -0.2) is 9.78 Å². The lowest BCUT2D eigenvalue weighted by atomic mass is 9.77. The van der Waals surface area contributed by atoms with Crippen LogP contribution in [0.4, 0.5) is 4.79 Å². The normalized spacial score (nSPS) is 22.2. The van der Waals surface area contributed by atoms with Gasteiger partial charge in [0.05, 0.1) is 36.1 Å². The van der Waals surface area contributed by atoms with E-state index in [-0.39, 0.29) is 30.0 Å². The van der Waals surface area contributed by atoms with Gasteiger partial charge in [0.15, 0.2) is 5.69 Å². The Kier molecular flexibility index (Phi) is 9.62. The van der Waals surface area contributed by atoms with E-state index in [4.69, 9.17) is 9.72 Å². The number of ether oxygens (including phenoxy) is 1. The number of aliphatic hydroxyl groups is 1. The Morgan fingerprint density at radius 1 is 1.02 bits per heavy atom. The first-order chi connectivity index (χ1) is 21.5. The van der Waals surface area contributed by atoms with E-state index < -0.39 is 23.3 Å². The molecule has 0 spiro atoms. The second kappa shape index (κ2) is 13.4. The average molecular weight is 616 g/mol. The zero-order valence-electron chi connectivity index (χ0n) is 26.7. The number of imidazole rings is 1. The fourth-order valence-corrected chi connectivity index (χ4v) is 6.62. The first kappa shape index (κ1) is 32.2. The molecule has 3 amide bonds. The van der Waals surface area contributed by atoms with Crippen molar-refractivity contribution in [3.8, 4) is 11.3 Å². The van der Waals surface area contributed by atoms with Crippen molar-refractivity contribution in [2.45, 2.75) is 82.6 Å². The summed E-state index contributed by atoms with van der Waals surface area (Å²) in [6.07, 6.45) is 4.61. The molecule has 1 aliphatic heterocycles. The smallest absolute Gasteiger partial charge is 0.410 e. The monoisotopic (exact) mass is 615 g/mol. The standard InChI is InChI=1S/C35H45N5O5/c1-34(2,3)45-33(43)38-19-20-39(27(23-38)21-25-13-7-5-8-14-25)32(42)30-31(26-15-9-6-10-16-26)40(24-37-30)28-17-11-12-18-35(28,44)22-29(41)36-4/h5-10,13-16,24,27-28,44H,11-12,17-23H2,1-4H3,(H,36,41)/t27-,28+,35?/m1/s1. The number of piperazine rings is 1. The number of rotatable bonds is 7. The minimum Gasteiger partial charge on any atom is -0.444 e. The zero-order chi connectivity index (χ0) is 32.2. The molecule has 240 valence electrons. The fourth-order valence-electron chi connectivity index (χ4n) is 6.62. The second-order valence-corrected chi connectivity index (χ2v) is 13.2. The highest BCUT2D eigenvalue weighted by Gasteiger charge is 2.44. The first-order valence-corrected chi connectivity index (χ1v) is 15.9. The summed E-state index contributed by atoms with van der Waals surface area (Å²) in [7, 11) is 1.57. The molecule has 2 fully saturated rings. The molecular weight excluding hydrogens is 570 g/mol. The zero-order valence-corrected chi connectivity index (χ0v) is 26.7. The Morgan fingerprint density at radius 3 is 2.38 bits per heavy atom. The number of carbonyl (C=O) groups is 3. The summed E-state index contributed by atoms with van der Waals surface area (Å²) in [5.74, 6) is -0.461. The SMILES string of the molecule is CNC(=O)CC1(O)CCCC[C@@H]1n1cnc(C(=O)N2CCN(C(=O)OC(C)(C)C)C[C@H]2Cc2ccccc2)c1-c1ccccc1. The molecule has 1 aliphatic carbocycles. The highest BCUT2D eigenvalue weighted by atomic mass is 16.6. The molecule has 2 aliphatic rings. The summed E-state index contributed by atoms with van der Waals surface area (Å²) in [5, 5.41) is 14.5. The van der Waals surface area contributed by atoms with Crippen molar-refractivity contribution < 1.29 is 24.2 Å². The van der Waals surface area contributed by atoms with E-state index in [1.165, 1.54) is 0 Å². The van der Waals surface area contributed by atoms with Gasteiger partial charge in [0.25, 0.3) is 5.91 Å². The van der Waals surface area contributed by atoms with E-state index in [0.29, 0.717) is 44.6 Å². The number of carbonyl (C=O) groups excluding carboxylic acids is 3. The van der Waals surface area contributed by atoms with E-state index in [2.05, 4.69) is 5.32 Å². The third kappa shape index (κ3) is 7.39. The summed E-state index contributed by atoms with van der Waals surface area (Å²) in [4.78, 5) is 48.3. The maximum Gasteiger partial charge on any atom is 0.410 e. The predicted octanol–water partition coefficient (Wildman–Crippen LogP) is 4.84. The Balaban J connectivity index is 1.52. The van der Waals surface area contributed by atoms with Crippen molar-refractivity contribution >= 4 is 17.9 Å². The van der Waals surface area contributed by atoms with Crippen LogP contribution in [0.2, 0.25) is 0 Å². The number of amides is 3. The number of aromatic nitrogens is 2. The molecule has 1 unspecified atom stereocenters. The molecule has 1 saturated carbocycles. The molecule has 2 N–H and O–H groups in total. The molecule has 3 atom stereocenters. The second-order valence-electron chi connectivity index (χ2n) is 13.2. The topological polar surface area (TPSA) is 117 Å². The van der Waals surface area contributed by atoms with Gasteiger partial charge in [-0.3, -0.25) is 9.59 Å².